The number of hydrogen-bond donors (Lipinski definition) is 0. The van der Waals surface area contributed by atoms with Crippen molar-refractivity contribution in [2.45, 2.75) is 26.5 Å². The van der Waals surface area contributed by atoms with Gasteiger partial charge >= 0.3 is 0 Å². The molecule has 1 aliphatic rings. The molecular formula is C22H21N3O3S. The van der Waals surface area contributed by atoms with E-state index in [0.717, 1.165) is 5.56 Å². The Balaban J connectivity index is 1.58. The number of amides is 2. The van der Waals surface area contributed by atoms with E-state index in [4.69, 9.17) is 4.74 Å². The van der Waals surface area contributed by atoms with Gasteiger partial charge in [0.15, 0.2) is 10.9 Å². The summed E-state index contributed by atoms with van der Waals surface area (Å²) in [4.78, 5) is 31.4. The van der Waals surface area contributed by atoms with Crippen molar-refractivity contribution in [3.63, 3.8) is 0 Å². The molecule has 0 radical (unpaired) electrons. The number of para-hydroxylation sites is 2. The minimum absolute atomic E-state index is 0.135. The second-order valence-electron chi connectivity index (χ2n) is 6.95. The Morgan fingerprint density at radius 3 is 2.69 bits per heavy atom. The zero-order chi connectivity index (χ0) is 20.4. The average Bonchev–Trinajstić information content (AvgIpc) is 3.15. The number of carbonyl (C=O) groups is 2. The van der Waals surface area contributed by atoms with Crippen LogP contribution >= 0.6 is 11.3 Å². The van der Waals surface area contributed by atoms with Gasteiger partial charge in [0, 0.05) is 25.0 Å². The van der Waals surface area contributed by atoms with Crippen molar-refractivity contribution in [1.82, 2.24) is 4.57 Å². The second-order valence-corrected chi connectivity index (χ2v) is 7.83. The van der Waals surface area contributed by atoms with E-state index in [9.17, 15) is 9.59 Å². The van der Waals surface area contributed by atoms with Gasteiger partial charge < -0.3 is 14.2 Å². The maximum absolute atomic E-state index is 12.9. The maximum atomic E-state index is 12.9. The molecule has 6 nitrogen and oxygen atoms in total. The first-order valence-electron chi connectivity index (χ1n) is 9.33. The van der Waals surface area contributed by atoms with Gasteiger partial charge in [-0.05, 0) is 24.6 Å². The van der Waals surface area contributed by atoms with Crippen LogP contribution < -0.4 is 14.4 Å². The molecule has 7 heteroatoms. The normalized spacial score (nSPS) is 16.3. The lowest BCUT2D eigenvalue weighted by Crippen LogP contribution is -2.46. The Bertz CT molecular complexity index is 1110. The Labute approximate surface area is 172 Å². The molecular weight excluding hydrogens is 386 g/mol. The summed E-state index contributed by atoms with van der Waals surface area (Å²) in [6.45, 7) is 4.31. The summed E-state index contributed by atoms with van der Waals surface area (Å²) >= 11 is 1.40. The molecule has 1 unspecified atom stereocenters. The van der Waals surface area contributed by atoms with E-state index in [1.54, 1.807) is 11.0 Å². The lowest BCUT2D eigenvalue weighted by molar-refractivity contribution is -0.125. The lowest BCUT2D eigenvalue weighted by Gasteiger charge is -2.32. The van der Waals surface area contributed by atoms with Gasteiger partial charge in [-0.3, -0.25) is 9.59 Å². The summed E-state index contributed by atoms with van der Waals surface area (Å²) in [5, 5.41) is 1.90. The third kappa shape index (κ3) is 4.14. The molecule has 0 spiro atoms. The van der Waals surface area contributed by atoms with Crippen LogP contribution in [0.4, 0.5) is 5.69 Å². The molecule has 2 aromatic carbocycles. The average molecular weight is 407 g/mol. The number of aromatic nitrogens is 1. The highest BCUT2D eigenvalue weighted by Crippen LogP contribution is 2.33. The molecule has 0 aliphatic carbocycles. The number of rotatable bonds is 3. The van der Waals surface area contributed by atoms with Crippen LogP contribution in [0.15, 0.2) is 65.1 Å². The smallest absolute Gasteiger partial charge is 0.291 e. The maximum Gasteiger partial charge on any atom is 0.291 e. The van der Waals surface area contributed by atoms with E-state index in [0.29, 0.717) is 22.8 Å². The van der Waals surface area contributed by atoms with Crippen LogP contribution in [0, 0.1) is 6.92 Å². The summed E-state index contributed by atoms with van der Waals surface area (Å²) in [5.74, 6) is -0.0174. The molecule has 0 bridgehead atoms. The number of aryl methyl sites for hydroxylation is 1. The van der Waals surface area contributed by atoms with Crippen LogP contribution in [0.5, 0.6) is 5.75 Å². The van der Waals surface area contributed by atoms with Gasteiger partial charge in [0.1, 0.15) is 5.75 Å². The standard InChI is InChI=1S/C22H21N3O3S/c1-15-7-9-17(10-8-15)13-24-11-12-29-22(24)23-21(27)20-14-25(16(2)26)18-5-3-4-6-19(18)28-20/h3-12,20H,13-14H2,1-2H3. The number of ether oxygens (including phenoxy) is 1. The van der Waals surface area contributed by atoms with Gasteiger partial charge in [-0.15, -0.1) is 11.3 Å². The van der Waals surface area contributed by atoms with E-state index in [-0.39, 0.29) is 12.5 Å². The minimum atomic E-state index is -0.830. The third-order valence-electron chi connectivity index (χ3n) is 4.77. The van der Waals surface area contributed by atoms with E-state index in [1.165, 1.54) is 23.8 Å². The molecule has 0 saturated heterocycles. The molecule has 0 saturated carbocycles. The van der Waals surface area contributed by atoms with Crippen molar-refractivity contribution in [2.24, 2.45) is 4.99 Å². The first-order chi connectivity index (χ1) is 14.0. The van der Waals surface area contributed by atoms with Crippen molar-refractivity contribution < 1.29 is 14.3 Å². The van der Waals surface area contributed by atoms with Crippen LogP contribution in [0.2, 0.25) is 0 Å². The molecule has 1 aliphatic heterocycles. The van der Waals surface area contributed by atoms with Crippen molar-refractivity contribution in [3.05, 3.63) is 76.0 Å². The van der Waals surface area contributed by atoms with Gasteiger partial charge in [-0.2, -0.15) is 4.99 Å². The zero-order valence-electron chi connectivity index (χ0n) is 16.2. The molecule has 0 N–H and O–H groups in total. The van der Waals surface area contributed by atoms with Gasteiger partial charge in [-0.1, -0.05) is 42.0 Å². The number of hydrogen-bond acceptors (Lipinski definition) is 4. The SMILES string of the molecule is CC(=O)N1CC(C(=O)N=c2sccn2Cc2ccc(C)cc2)Oc2ccccc21. The van der Waals surface area contributed by atoms with E-state index < -0.39 is 12.0 Å². The van der Waals surface area contributed by atoms with Gasteiger partial charge in [0.25, 0.3) is 5.91 Å². The molecule has 0 fully saturated rings. The summed E-state index contributed by atoms with van der Waals surface area (Å²) in [6, 6.07) is 15.5. The van der Waals surface area contributed by atoms with Gasteiger partial charge in [0.2, 0.25) is 5.91 Å². The molecule has 148 valence electrons. The molecule has 1 atom stereocenters. The first kappa shape index (κ1) is 19.1. The van der Waals surface area contributed by atoms with Crippen molar-refractivity contribution in [3.8, 4) is 5.75 Å². The van der Waals surface area contributed by atoms with Crippen LogP contribution in [-0.4, -0.2) is 29.0 Å². The molecule has 2 heterocycles. The predicted octanol–water partition coefficient (Wildman–Crippen LogP) is 3.15. The number of carbonyl (C=O) groups excluding carboxylic acids is 2. The topological polar surface area (TPSA) is 63.9 Å². The Hall–Kier alpha value is -3.19. The summed E-state index contributed by atoms with van der Waals surface area (Å²) in [6.07, 6.45) is 1.08. The van der Waals surface area contributed by atoms with E-state index in [2.05, 4.69) is 29.3 Å². The third-order valence-corrected chi connectivity index (χ3v) is 5.56. The Kier molecular flexibility index (Phi) is 5.31. The fraction of sp³-hybridized carbons (Fsp3) is 0.227. The fourth-order valence-corrected chi connectivity index (χ4v) is 3.96. The van der Waals surface area contributed by atoms with Crippen molar-refractivity contribution in [1.29, 1.82) is 0 Å². The summed E-state index contributed by atoms with van der Waals surface area (Å²) in [5.41, 5.74) is 3.01. The minimum Gasteiger partial charge on any atom is -0.476 e. The molecule has 3 aromatic rings. The van der Waals surface area contributed by atoms with Crippen LogP contribution in [0.25, 0.3) is 0 Å². The predicted molar refractivity (Wildman–Crippen MR) is 112 cm³/mol. The van der Waals surface area contributed by atoms with Gasteiger partial charge in [-0.25, -0.2) is 0 Å². The number of nitrogens with zero attached hydrogens (tertiary/aromatic N) is 3. The number of fused-ring (bicyclic) bond motifs is 1. The Morgan fingerprint density at radius 2 is 1.93 bits per heavy atom. The lowest BCUT2D eigenvalue weighted by atomic mass is 10.1. The summed E-state index contributed by atoms with van der Waals surface area (Å²) in [7, 11) is 0. The second kappa shape index (κ2) is 8.05. The number of thiazole rings is 1. The monoisotopic (exact) mass is 407 g/mol. The van der Waals surface area contributed by atoms with E-state index in [1.807, 2.05) is 41.3 Å². The van der Waals surface area contributed by atoms with Crippen LogP contribution in [0.1, 0.15) is 18.1 Å². The molecule has 2 amide bonds. The Morgan fingerprint density at radius 1 is 1.17 bits per heavy atom. The van der Waals surface area contributed by atoms with E-state index >= 15 is 0 Å². The van der Waals surface area contributed by atoms with Gasteiger partial charge in [0.05, 0.1) is 12.2 Å². The van der Waals surface area contributed by atoms with Crippen LogP contribution in [-0.2, 0) is 16.1 Å². The fourth-order valence-electron chi connectivity index (χ4n) is 3.22. The van der Waals surface area contributed by atoms with Crippen molar-refractivity contribution in [2.75, 3.05) is 11.4 Å². The highest BCUT2D eigenvalue weighted by molar-refractivity contribution is 7.07. The number of benzene rings is 2. The molecule has 1 aromatic heterocycles. The van der Waals surface area contributed by atoms with Crippen LogP contribution in [0.3, 0.4) is 0 Å². The highest BCUT2D eigenvalue weighted by atomic mass is 32.1. The quantitative estimate of drug-likeness (QED) is 0.670. The summed E-state index contributed by atoms with van der Waals surface area (Å²) < 4.78 is 7.79. The first-order valence-corrected chi connectivity index (χ1v) is 10.2. The molecule has 29 heavy (non-hydrogen) atoms. The number of anilines is 1. The molecule has 4 rings (SSSR count). The van der Waals surface area contributed by atoms with Crippen molar-refractivity contribution >= 4 is 28.8 Å². The highest BCUT2D eigenvalue weighted by Gasteiger charge is 2.32. The zero-order valence-corrected chi connectivity index (χ0v) is 17.1. The largest absolute Gasteiger partial charge is 0.476 e.